The van der Waals surface area contributed by atoms with E-state index in [1.807, 2.05) is 6.07 Å². The van der Waals surface area contributed by atoms with Gasteiger partial charge in [0.2, 0.25) is 0 Å². The summed E-state index contributed by atoms with van der Waals surface area (Å²) in [7, 11) is 0. The van der Waals surface area contributed by atoms with Crippen molar-refractivity contribution in [1.82, 2.24) is 24.8 Å². The highest BCUT2D eigenvalue weighted by Crippen LogP contribution is 2.25. The van der Waals surface area contributed by atoms with E-state index in [0.717, 1.165) is 75.4 Å². The zero-order valence-corrected chi connectivity index (χ0v) is 18.1. The van der Waals surface area contributed by atoms with Crippen LogP contribution in [0.15, 0.2) is 24.8 Å². The van der Waals surface area contributed by atoms with Gasteiger partial charge in [-0.25, -0.2) is 9.97 Å². The van der Waals surface area contributed by atoms with Gasteiger partial charge in [-0.05, 0) is 32.8 Å². The molecule has 2 fully saturated rings. The molecule has 0 atom stereocenters. The molecule has 160 valence electrons. The summed E-state index contributed by atoms with van der Waals surface area (Å²) in [5.41, 5.74) is 0.891. The van der Waals surface area contributed by atoms with Gasteiger partial charge in [-0.1, -0.05) is 11.8 Å². The standard InChI is InChI=1S/C23H32N6O/c1-19(2)28-14-12-27(13-15-28)9-3-4-16-30-20-6-10-29(11-7-20)23-21-5-8-24-17-22(21)25-18-26-23/h5,8,17-20H,6-7,9-16H2,1-2H3. The molecule has 2 aliphatic rings. The smallest absolute Gasteiger partial charge is 0.139 e. The molecule has 7 heteroatoms. The molecular formula is C23H32N6O. The van der Waals surface area contributed by atoms with Gasteiger partial charge in [-0.2, -0.15) is 0 Å². The van der Waals surface area contributed by atoms with Crippen LogP contribution in [0.3, 0.4) is 0 Å². The van der Waals surface area contributed by atoms with Crippen LogP contribution in [0, 0.1) is 11.8 Å². The molecule has 0 bridgehead atoms. The summed E-state index contributed by atoms with van der Waals surface area (Å²) in [4.78, 5) is 20.3. The molecule has 2 saturated heterocycles. The number of rotatable bonds is 5. The van der Waals surface area contributed by atoms with Crippen LogP contribution in [-0.4, -0.2) is 89.3 Å². The summed E-state index contributed by atoms with van der Waals surface area (Å²) in [5, 5.41) is 1.06. The van der Waals surface area contributed by atoms with E-state index < -0.39 is 0 Å². The Morgan fingerprint density at radius 2 is 1.87 bits per heavy atom. The number of hydrogen-bond donors (Lipinski definition) is 0. The summed E-state index contributed by atoms with van der Waals surface area (Å²) >= 11 is 0. The van der Waals surface area contributed by atoms with Crippen molar-refractivity contribution >= 4 is 16.7 Å². The van der Waals surface area contributed by atoms with Crippen molar-refractivity contribution in [2.24, 2.45) is 0 Å². The van der Waals surface area contributed by atoms with Crippen molar-refractivity contribution in [1.29, 1.82) is 0 Å². The minimum atomic E-state index is 0.278. The Labute approximate surface area is 179 Å². The molecule has 0 unspecified atom stereocenters. The molecule has 7 nitrogen and oxygen atoms in total. The quantitative estimate of drug-likeness (QED) is 0.702. The van der Waals surface area contributed by atoms with Gasteiger partial charge in [0.25, 0.3) is 0 Å². The van der Waals surface area contributed by atoms with Gasteiger partial charge in [0.05, 0.1) is 24.4 Å². The lowest BCUT2D eigenvalue weighted by molar-refractivity contribution is 0.0593. The summed E-state index contributed by atoms with van der Waals surface area (Å²) in [6, 6.07) is 2.63. The number of anilines is 1. The van der Waals surface area contributed by atoms with Gasteiger partial charge in [-0.15, -0.1) is 0 Å². The van der Waals surface area contributed by atoms with E-state index in [9.17, 15) is 0 Å². The van der Waals surface area contributed by atoms with E-state index in [1.165, 1.54) is 0 Å². The third-order valence-electron chi connectivity index (χ3n) is 6.12. The van der Waals surface area contributed by atoms with E-state index >= 15 is 0 Å². The molecule has 2 aliphatic heterocycles. The third-order valence-corrected chi connectivity index (χ3v) is 6.12. The van der Waals surface area contributed by atoms with Gasteiger partial charge in [0.1, 0.15) is 18.8 Å². The Kier molecular flexibility index (Phi) is 7.11. The molecule has 2 aromatic rings. The number of ether oxygens (including phenoxy) is 1. The lowest BCUT2D eigenvalue weighted by atomic mass is 10.1. The van der Waals surface area contributed by atoms with Gasteiger partial charge >= 0.3 is 0 Å². The normalized spacial score (nSPS) is 19.2. The molecule has 0 saturated carbocycles. The van der Waals surface area contributed by atoms with Crippen LogP contribution in [0.4, 0.5) is 5.82 Å². The van der Waals surface area contributed by atoms with Crippen LogP contribution in [-0.2, 0) is 4.74 Å². The first-order valence-electron chi connectivity index (χ1n) is 11.0. The van der Waals surface area contributed by atoms with Crippen molar-refractivity contribution in [3.05, 3.63) is 24.8 Å². The van der Waals surface area contributed by atoms with Crippen LogP contribution in [0.5, 0.6) is 0 Å². The van der Waals surface area contributed by atoms with E-state index in [4.69, 9.17) is 4.74 Å². The van der Waals surface area contributed by atoms with Crippen molar-refractivity contribution in [3.8, 4) is 11.8 Å². The van der Waals surface area contributed by atoms with Crippen molar-refractivity contribution in [2.45, 2.75) is 38.8 Å². The molecule has 30 heavy (non-hydrogen) atoms. The second-order valence-corrected chi connectivity index (χ2v) is 8.35. The predicted molar refractivity (Wildman–Crippen MR) is 119 cm³/mol. The molecule has 2 aromatic heterocycles. The zero-order valence-electron chi connectivity index (χ0n) is 18.1. The van der Waals surface area contributed by atoms with Gasteiger partial charge < -0.3 is 9.64 Å². The van der Waals surface area contributed by atoms with Gasteiger partial charge in [0, 0.05) is 56.9 Å². The van der Waals surface area contributed by atoms with Gasteiger partial charge in [-0.3, -0.25) is 14.8 Å². The lowest BCUT2D eigenvalue weighted by Crippen LogP contribution is -2.48. The number of hydrogen-bond acceptors (Lipinski definition) is 7. The second kappa shape index (κ2) is 10.2. The summed E-state index contributed by atoms with van der Waals surface area (Å²) in [6.07, 6.45) is 7.48. The van der Waals surface area contributed by atoms with Crippen molar-refractivity contribution in [3.63, 3.8) is 0 Å². The monoisotopic (exact) mass is 408 g/mol. The summed E-state index contributed by atoms with van der Waals surface area (Å²) in [5.74, 6) is 7.50. The van der Waals surface area contributed by atoms with E-state index in [2.05, 4.69) is 55.3 Å². The Bertz CT molecular complexity index is 871. The molecule has 0 aromatic carbocycles. The number of piperazine rings is 1. The maximum absolute atomic E-state index is 6.02. The molecule has 0 aliphatic carbocycles. The Morgan fingerprint density at radius 3 is 2.63 bits per heavy atom. The minimum absolute atomic E-state index is 0.278. The highest BCUT2D eigenvalue weighted by atomic mass is 16.5. The molecular weight excluding hydrogens is 376 g/mol. The van der Waals surface area contributed by atoms with E-state index in [1.54, 1.807) is 18.7 Å². The van der Waals surface area contributed by atoms with Crippen LogP contribution >= 0.6 is 0 Å². The van der Waals surface area contributed by atoms with Gasteiger partial charge in [0.15, 0.2) is 0 Å². The lowest BCUT2D eigenvalue weighted by Gasteiger charge is -2.36. The molecule has 0 spiro atoms. The first-order valence-corrected chi connectivity index (χ1v) is 11.0. The SMILES string of the molecule is CC(C)N1CCN(CC#CCOC2CCN(c3ncnc4cnccc34)CC2)CC1. The third kappa shape index (κ3) is 5.25. The fourth-order valence-electron chi connectivity index (χ4n) is 4.20. The number of aromatic nitrogens is 3. The van der Waals surface area contributed by atoms with E-state index in [0.29, 0.717) is 12.6 Å². The molecule has 0 radical (unpaired) electrons. The number of piperidine rings is 1. The Balaban J connectivity index is 1.18. The molecule has 0 N–H and O–H groups in total. The average Bonchev–Trinajstić information content (AvgIpc) is 2.79. The Morgan fingerprint density at radius 1 is 1.07 bits per heavy atom. The predicted octanol–water partition coefficient (Wildman–Crippen LogP) is 2.04. The fraction of sp³-hybridized carbons (Fsp3) is 0.609. The highest BCUT2D eigenvalue weighted by Gasteiger charge is 2.22. The molecule has 4 rings (SSSR count). The zero-order chi connectivity index (χ0) is 20.8. The summed E-state index contributed by atoms with van der Waals surface area (Å²) < 4.78 is 6.02. The summed E-state index contributed by atoms with van der Waals surface area (Å²) in [6.45, 7) is 12.3. The topological polar surface area (TPSA) is 57.6 Å². The molecule has 0 amide bonds. The maximum atomic E-state index is 6.02. The Hall–Kier alpha value is -2.27. The van der Waals surface area contributed by atoms with Crippen molar-refractivity contribution < 1.29 is 4.74 Å². The van der Waals surface area contributed by atoms with Crippen LogP contribution in [0.1, 0.15) is 26.7 Å². The largest absolute Gasteiger partial charge is 0.365 e. The average molecular weight is 409 g/mol. The fourth-order valence-corrected chi connectivity index (χ4v) is 4.20. The van der Waals surface area contributed by atoms with Crippen LogP contribution in [0.2, 0.25) is 0 Å². The first-order chi connectivity index (χ1) is 14.7. The first kappa shape index (κ1) is 21.0. The molecule has 4 heterocycles. The minimum Gasteiger partial charge on any atom is -0.365 e. The second-order valence-electron chi connectivity index (χ2n) is 8.35. The van der Waals surface area contributed by atoms with Crippen molar-refractivity contribution in [2.75, 3.05) is 57.3 Å². The maximum Gasteiger partial charge on any atom is 0.139 e. The van der Waals surface area contributed by atoms with Crippen LogP contribution < -0.4 is 4.90 Å². The number of nitrogens with zero attached hydrogens (tertiary/aromatic N) is 6. The number of pyridine rings is 1. The van der Waals surface area contributed by atoms with Crippen LogP contribution in [0.25, 0.3) is 10.9 Å². The number of fused-ring (bicyclic) bond motifs is 1. The highest BCUT2D eigenvalue weighted by molar-refractivity contribution is 5.88. The van der Waals surface area contributed by atoms with E-state index in [-0.39, 0.29) is 6.10 Å².